The monoisotopic (exact) mass is 277 g/mol. The van der Waals surface area contributed by atoms with Gasteiger partial charge in [-0.2, -0.15) is 0 Å². The molecule has 1 aliphatic rings. The van der Waals surface area contributed by atoms with Crippen LogP contribution in [0, 0.1) is 5.82 Å². The van der Waals surface area contributed by atoms with Gasteiger partial charge >= 0.3 is 0 Å². The molecule has 0 saturated carbocycles. The molecule has 1 aromatic carbocycles. The molecule has 0 bridgehead atoms. The Hall–Kier alpha value is -0.850. The molecule has 2 rings (SSSR count). The minimum Gasteiger partial charge on any atom is -0.486 e. The summed E-state index contributed by atoms with van der Waals surface area (Å²) in [5.74, 6) is 5.37. The van der Waals surface area contributed by atoms with E-state index in [9.17, 15) is 4.39 Å². The molecule has 2 N–H and O–H groups in total. The number of rotatable bonds is 2. The summed E-state index contributed by atoms with van der Waals surface area (Å²) in [6, 6.07) is 1.27. The second kappa shape index (κ2) is 4.34. The second-order valence-corrected chi connectivity index (χ2v) is 3.78. The third-order valence-corrected chi connectivity index (χ3v) is 2.89. The van der Waals surface area contributed by atoms with Gasteiger partial charge in [0.2, 0.25) is 0 Å². The maximum atomic E-state index is 13.5. The van der Waals surface area contributed by atoms with E-state index in [4.69, 9.17) is 15.4 Å². The van der Waals surface area contributed by atoms with E-state index in [0.29, 0.717) is 34.7 Å². The quantitative estimate of drug-likeness (QED) is 0.837. The van der Waals surface area contributed by atoms with Gasteiger partial charge < -0.3 is 9.47 Å². The van der Waals surface area contributed by atoms with Crippen LogP contribution in [-0.2, 0) is 11.4 Å². The molecule has 0 amide bonds. The van der Waals surface area contributed by atoms with Crippen molar-refractivity contribution >= 4 is 15.9 Å². The lowest BCUT2D eigenvalue weighted by Crippen LogP contribution is -2.17. The average Bonchev–Trinajstić information content (AvgIpc) is 2.24. The van der Waals surface area contributed by atoms with Gasteiger partial charge in [-0.05, 0) is 15.9 Å². The molecule has 15 heavy (non-hydrogen) atoms. The van der Waals surface area contributed by atoms with Crippen molar-refractivity contribution < 1.29 is 18.7 Å². The van der Waals surface area contributed by atoms with E-state index >= 15 is 0 Å². The number of fused-ring (bicyclic) bond motifs is 1. The molecule has 0 unspecified atom stereocenters. The summed E-state index contributed by atoms with van der Waals surface area (Å²) >= 11 is 3.24. The minimum absolute atomic E-state index is 0.0247. The van der Waals surface area contributed by atoms with Crippen LogP contribution in [0.2, 0.25) is 0 Å². The van der Waals surface area contributed by atoms with Crippen LogP contribution in [0.25, 0.3) is 0 Å². The van der Waals surface area contributed by atoms with Gasteiger partial charge in [0, 0.05) is 11.6 Å². The highest BCUT2D eigenvalue weighted by Gasteiger charge is 2.21. The SMILES string of the molecule is NOCc1c(F)cc2c(c1Br)OCCO2. The van der Waals surface area contributed by atoms with Crippen molar-refractivity contribution in [2.45, 2.75) is 6.61 Å². The molecule has 0 radical (unpaired) electrons. The highest BCUT2D eigenvalue weighted by molar-refractivity contribution is 9.10. The number of hydrogen-bond donors (Lipinski definition) is 1. The fourth-order valence-corrected chi connectivity index (χ4v) is 1.98. The summed E-state index contributed by atoms with van der Waals surface area (Å²) in [6.07, 6.45) is 0. The standard InChI is InChI=1S/C9H9BrFNO3/c10-8-5(4-15-12)6(11)3-7-9(8)14-2-1-13-7/h3H,1-2,4,12H2. The fourth-order valence-electron chi connectivity index (χ4n) is 1.37. The summed E-state index contributed by atoms with van der Waals surface area (Å²) in [5, 5.41) is 0. The number of benzene rings is 1. The van der Waals surface area contributed by atoms with Gasteiger partial charge in [0.1, 0.15) is 19.0 Å². The normalized spacial score (nSPS) is 14.1. The van der Waals surface area contributed by atoms with Crippen LogP contribution in [0.5, 0.6) is 11.5 Å². The van der Waals surface area contributed by atoms with Crippen LogP contribution < -0.4 is 15.4 Å². The maximum Gasteiger partial charge on any atom is 0.176 e. The second-order valence-electron chi connectivity index (χ2n) is 2.99. The predicted octanol–water partition coefficient (Wildman–Crippen LogP) is 1.75. The van der Waals surface area contributed by atoms with E-state index in [0.717, 1.165) is 0 Å². The lowest BCUT2D eigenvalue weighted by atomic mass is 10.2. The number of ether oxygens (including phenoxy) is 2. The Morgan fingerprint density at radius 2 is 2.20 bits per heavy atom. The summed E-state index contributed by atoms with van der Waals surface area (Å²) in [5.41, 5.74) is 0.321. The zero-order valence-corrected chi connectivity index (χ0v) is 9.34. The molecule has 0 aliphatic carbocycles. The fraction of sp³-hybridized carbons (Fsp3) is 0.333. The smallest absolute Gasteiger partial charge is 0.176 e. The first-order valence-corrected chi connectivity index (χ1v) is 5.11. The van der Waals surface area contributed by atoms with Crippen molar-refractivity contribution in [1.82, 2.24) is 0 Å². The molecule has 0 fully saturated rings. The minimum atomic E-state index is -0.434. The first-order chi connectivity index (χ1) is 7.24. The summed E-state index contributed by atoms with van der Waals surface area (Å²) < 4.78 is 24.6. The molecular formula is C9H9BrFNO3. The van der Waals surface area contributed by atoms with Gasteiger partial charge in [-0.1, -0.05) is 0 Å². The molecule has 0 atom stereocenters. The Morgan fingerprint density at radius 1 is 1.47 bits per heavy atom. The Labute approximate surface area is 94.2 Å². The molecule has 0 aromatic heterocycles. The van der Waals surface area contributed by atoms with Crippen LogP contribution in [0.15, 0.2) is 10.5 Å². The molecular weight excluding hydrogens is 269 g/mol. The van der Waals surface area contributed by atoms with Gasteiger partial charge in [0.15, 0.2) is 11.5 Å². The van der Waals surface area contributed by atoms with E-state index < -0.39 is 5.82 Å². The van der Waals surface area contributed by atoms with Crippen LogP contribution in [-0.4, -0.2) is 13.2 Å². The summed E-state index contributed by atoms with van der Waals surface area (Å²) in [4.78, 5) is 4.41. The Bertz CT molecular complexity index is 386. The zero-order valence-electron chi connectivity index (χ0n) is 7.76. The number of halogens is 2. The van der Waals surface area contributed by atoms with Crippen molar-refractivity contribution in [1.29, 1.82) is 0 Å². The number of nitrogens with two attached hydrogens (primary N) is 1. The first kappa shape index (κ1) is 10.7. The maximum absolute atomic E-state index is 13.5. The molecule has 0 saturated heterocycles. The van der Waals surface area contributed by atoms with E-state index in [1.165, 1.54) is 6.07 Å². The molecule has 6 heteroatoms. The Balaban J connectivity index is 2.49. The van der Waals surface area contributed by atoms with Crippen molar-refractivity contribution in [3.8, 4) is 11.5 Å². The molecule has 0 spiro atoms. The Kier molecular flexibility index (Phi) is 3.08. The number of hydrogen-bond acceptors (Lipinski definition) is 4. The van der Waals surface area contributed by atoms with E-state index in [1.54, 1.807) is 0 Å². The Morgan fingerprint density at radius 3 is 2.93 bits per heavy atom. The van der Waals surface area contributed by atoms with Gasteiger partial charge in [-0.25, -0.2) is 10.3 Å². The highest BCUT2D eigenvalue weighted by atomic mass is 79.9. The van der Waals surface area contributed by atoms with Crippen LogP contribution >= 0.6 is 15.9 Å². The van der Waals surface area contributed by atoms with Crippen molar-refractivity contribution in [2.24, 2.45) is 5.90 Å². The lowest BCUT2D eigenvalue weighted by molar-refractivity contribution is 0.119. The molecule has 4 nitrogen and oxygen atoms in total. The largest absolute Gasteiger partial charge is 0.486 e. The van der Waals surface area contributed by atoms with E-state index in [-0.39, 0.29) is 6.61 Å². The van der Waals surface area contributed by atoms with Gasteiger partial charge in [0.05, 0.1) is 11.1 Å². The van der Waals surface area contributed by atoms with E-state index in [2.05, 4.69) is 20.8 Å². The first-order valence-electron chi connectivity index (χ1n) is 4.32. The topological polar surface area (TPSA) is 53.7 Å². The van der Waals surface area contributed by atoms with Gasteiger partial charge in [-0.15, -0.1) is 0 Å². The van der Waals surface area contributed by atoms with Crippen molar-refractivity contribution in [3.63, 3.8) is 0 Å². The van der Waals surface area contributed by atoms with Crippen LogP contribution in [0.1, 0.15) is 5.56 Å². The average molecular weight is 278 g/mol. The summed E-state index contributed by atoms with van der Waals surface area (Å²) in [7, 11) is 0. The third kappa shape index (κ3) is 1.92. The molecule has 1 aromatic rings. The van der Waals surface area contributed by atoms with E-state index in [1.807, 2.05) is 0 Å². The molecule has 1 aliphatic heterocycles. The zero-order chi connectivity index (χ0) is 10.8. The highest BCUT2D eigenvalue weighted by Crippen LogP contribution is 2.41. The third-order valence-electron chi connectivity index (χ3n) is 2.05. The lowest BCUT2D eigenvalue weighted by Gasteiger charge is -2.21. The van der Waals surface area contributed by atoms with Gasteiger partial charge in [-0.3, -0.25) is 4.84 Å². The van der Waals surface area contributed by atoms with Crippen LogP contribution in [0.4, 0.5) is 4.39 Å². The van der Waals surface area contributed by atoms with Crippen molar-refractivity contribution in [3.05, 3.63) is 21.9 Å². The van der Waals surface area contributed by atoms with Crippen LogP contribution in [0.3, 0.4) is 0 Å². The predicted molar refractivity (Wildman–Crippen MR) is 54.1 cm³/mol. The van der Waals surface area contributed by atoms with Crippen molar-refractivity contribution in [2.75, 3.05) is 13.2 Å². The summed E-state index contributed by atoms with van der Waals surface area (Å²) in [6.45, 7) is 0.842. The molecule has 82 valence electrons. The molecule has 1 heterocycles. The van der Waals surface area contributed by atoms with Gasteiger partial charge in [0.25, 0.3) is 0 Å².